The predicted molar refractivity (Wildman–Crippen MR) is 57.8 cm³/mol. The summed E-state index contributed by atoms with van der Waals surface area (Å²) in [7, 11) is 0. The molecule has 0 aliphatic rings. The van der Waals surface area contributed by atoms with Crippen molar-refractivity contribution in [3.8, 4) is 5.75 Å². The third-order valence-electron chi connectivity index (χ3n) is 1.73. The van der Waals surface area contributed by atoms with E-state index in [1.54, 1.807) is 12.1 Å². The first-order valence-corrected chi connectivity index (χ1v) is 4.89. The first-order valence-electron chi connectivity index (χ1n) is 4.89. The van der Waals surface area contributed by atoms with Gasteiger partial charge in [-0.3, -0.25) is 4.79 Å². The highest BCUT2D eigenvalue weighted by Crippen LogP contribution is 2.13. The number of hydrogen-bond donors (Lipinski definition) is 2. The van der Waals surface area contributed by atoms with Crippen LogP contribution >= 0.6 is 0 Å². The number of carbonyl (C=O) groups excluding carboxylic acids is 1. The number of carbonyl (C=O) groups is 1. The van der Waals surface area contributed by atoms with Crippen LogP contribution in [0.15, 0.2) is 24.3 Å². The Kier molecular flexibility index (Phi) is 4.63. The third kappa shape index (κ3) is 4.46. The van der Waals surface area contributed by atoms with E-state index in [0.29, 0.717) is 12.3 Å². The van der Waals surface area contributed by atoms with Crippen LogP contribution < -0.4 is 5.32 Å². The fourth-order valence-corrected chi connectivity index (χ4v) is 1.05. The summed E-state index contributed by atoms with van der Waals surface area (Å²) < 4.78 is 5.08. The molecule has 0 atom stereocenters. The quantitative estimate of drug-likeness (QED) is 0.573. The smallest absolute Gasteiger partial charge is 0.250 e. The van der Waals surface area contributed by atoms with Crippen LogP contribution in [-0.2, 0) is 9.53 Å². The summed E-state index contributed by atoms with van der Waals surface area (Å²) in [6, 6.07) is 6.30. The van der Waals surface area contributed by atoms with Gasteiger partial charge < -0.3 is 15.2 Å². The van der Waals surface area contributed by atoms with E-state index in [1.807, 2.05) is 6.92 Å². The molecule has 1 amide bonds. The Morgan fingerprint density at radius 2 is 2.07 bits per heavy atom. The summed E-state index contributed by atoms with van der Waals surface area (Å²) in [6.45, 7) is 2.63. The SMILES string of the molecule is CCCOCC(=O)Nc1ccc(O)cc1. The molecule has 0 heterocycles. The van der Waals surface area contributed by atoms with Crippen molar-refractivity contribution >= 4 is 11.6 Å². The van der Waals surface area contributed by atoms with Gasteiger partial charge in [-0.1, -0.05) is 6.92 Å². The summed E-state index contributed by atoms with van der Waals surface area (Å²) in [6.07, 6.45) is 0.895. The van der Waals surface area contributed by atoms with Crippen LogP contribution in [0.4, 0.5) is 5.69 Å². The molecule has 4 nitrogen and oxygen atoms in total. The van der Waals surface area contributed by atoms with Crippen molar-refractivity contribution in [3.63, 3.8) is 0 Å². The van der Waals surface area contributed by atoms with Gasteiger partial charge in [0.15, 0.2) is 0 Å². The van der Waals surface area contributed by atoms with Crippen LogP contribution in [0.2, 0.25) is 0 Å². The van der Waals surface area contributed by atoms with E-state index in [-0.39, 0.29) is 18.3 Å². The maximum Gasteiger partial charge on any atom is 0.250 e. The van der Waals surface area contributed by atoms with Crippen LogP contribution in [0.3, 0.4) is 0 Å². The van der Waals surface area contributed by atoms with Gasteiger partial charge in [-0.05, 0) is 30.7 Å². The molecule has 4 heteroatoms. The zero-order valence-corrected chi connectivity index (χ0v) is 8.69. The van der Waals surface area contributed by atoms with Gasteiger partial charge in [0, 0.05) is 12.3 Å². The average molecular weight is 209 g/mol. The Morgan fingerprint density at radius 1 is 1.40 bits per heavy atom. The van der Waals surface area contributed by atoms with Crippen LogP contribution in [0.1, 0.15) is 13.3 Å². The monoisotopic (exact) mass is 209 g/mol. The summed E-state index contributed by atoms with van der Waals surface area (Å²) in [4.78, 5) is 11.3. The minimum absolute atomic E-state index is 0.0642. The minimum Gasteiger partial charge on any atom is -0.508 e. The number of phenolic OH excluding ortho intramolecular Hbond substituents is 1. The lowest BCUT2D eigenvalue weighted by atomic mass is 10.3. The molecule has 1 rings (SSSR count). The number of ether oxygens (including phenoxy) is 1. The first-order chi connectivity index (χ1) is 7.22. The van der Waals surface area contributed by atoms with Crippen molar-refractivity contribution in [2.24, 2.45) is 0 Å². The molecule has 15 heavy (non-hydrogen) atoms. The Morgan fingerprint density at radius 3 is 2.67 bits per heavy atom. The van der Waals surface area contributed by atoms with Gasteiger partial charge in [0.2, 0.25) is 5.91 Å². The molecule has 2 N–H and O–H groups in total. The number of benzene rings is 1. The Balaban J connectivity index is 2.34. The number of phenols is 1. The zero-order valence-electron chi connectivity index (χ0n) is 8.69. The van der Waals surface area contributed by atoms with E-state index in [1.165, 1.54) is 12.1 Å². The standard InChI is InChI=1S/C11H15NO3/c1-2-7-15-8-11(14)12-9-3-5-10(13)6-4-9/h3-6,13H,2,7-8H2,1H3,(H,12,14). The van der Waals surface area contributed by atoms with Crippen LogP contribution in [-0.4, -0.2) is 24.2 Å². The van der Waals surface area contributed by atoms with Crippen molar-refractivity contribution in [1.29, 1.82) is 0 Å². The fraction of sp³-hybridized carbons (Fsp3) is 0.364. The average Bonchev–Trinajstić information content (AvgIpc) is 2.22. The van der Waals surface area contributed by atoms with Crippen molar-refractivity contribution in [2.75, 3.05) is 18.5 Å². The number of rotatable bonds is 5. The molecule has 0 aliphatic carbocycles. The second-order valence-electron chi connectivity index (χ2n) is 3.15. The van der Waals surface area contributed by atoms with E-state index in [9.17, 15) is 4.79 Å². The molecule has 0 saturated heterocycles. The van der Waals surface area contributed by atoms with E-state index < -0.39 is 0 Å². The lowest BCUT2D eigenvalue weighted by Gasteiger charge is -2.05. The normalized spacial score (nSPS) is 9.93. The second kappa shape index (κ2) is 6.03. The first kappa shape index (κ1) is 11.5. The van der Waals surface area contributed by atoms with Gasteiger partial charge >= 0.3 is 0 Å². The maximum atomic E-state index is 11.3. The fourth-order valence-electron chi connectivity index (χ4n) is 1.05. The predicted octanol–water partition coefficient (Wildman–Crippen LogP) is 1.76. The van der Waals surface area contributed by atoms with Crippen LogP contribution in [0.25, 0.3) is 0 Å². The van der Waals surface area contributed by atoms with Gasteiger partial charge in [0.05, 0.1) is 0 Å². The van der Waals surface area contributed by atoms with Gasteiger partial charge in [-0.15, -0.1) is 0 Å². The molecular weight excluding hydrogens is 194 g/mol. The minimum atomic E-state index is -0.186. The molecule has 0 fully saturated rings. The van der Waals surface area contributed by atoms with E-state index in [0.717, 1.165) is 6.42 Å². The summed E-state index contributed by atoms with van der Waals surface area (Å²) in [5, 5.41) is 11.7. The molecule has 0 spiro atoms. The Hall–Kier alpha value is -1.55. The Labute approximate surface area is 88.9 Å². The topological polar surface area (TPSA) is 58.6 Å². The van der Waals surface area contributed by atoms with Gasteiger partial charge in [-0.25, -0.2) is 0 Å². The highest BCUT2D eigenvalue weighted by Gasteiger charge is 2.01. The van der Waals surface area contributed by atoms with Gasteiger partial charge in [0.25, 0.3) is 0 Å². The zero-order chi connectivity index (χ0) is 11.1. The number of anilines is 1. The van der Waals surface area contributed by atoms with E-state index in [4.69, 9.17) is 9.84 Å². The highest BCUT2D eigenvalue weighted by atomic mass is 16.5. The molecule has 1 aromatic rings. The molecule has 0 radical (unpaired) electrons. The summed E-state index contributed by atoms with van der Waals surface area (Å²) in [5.41, 5.74) is 0.651. The molecule has 1 aromatic carbocycles. The number of nitrogens with one attached hydrogen (secondary N) is 1. The molecule has 0 aliphatic heterocycles. The summed E-state index contributed by atoms with van der Waals surface area (Å²) >= 11 is 0. The summed E-state index contributed by atoms with van der Waals surface area (Å²) in [5.74, 6) is -0.00984. The molecule has 82 valence electrons. The van der Waals surface area contributed by atoms with Crippen LogP contribution in [0.5, 0.6) is 5.75 Å². The molecule has 0 saturated carbocycles. The van der Waals surface area contributed by atoms with Crippen molar-refractivity contribution < 1.29 is 14.6 Å². The Bertz CT molecular complexity index is 308. The maximum absolute atomic E-state index is 11.3. The van der Waals surface area contributed by atoms with Crippen molar-refractivity contribution in [2.45, 2.75) is 13.3 Å². The highest BCUT2D eigenvalue weighted by molar-refractivity contribution is 5.91. The third-order valence-corrected chi connectivity index (χ3v) is 1.73. The largest absolute Gasteiger partial charge is 0.508 e. The molecule has 0 aromatic heterocycles. The number of amides is 1. The molecular formula is C11H15NO3. The lowest BCUT2D eigenvalue weighted by molar-refractivity contribution is -0.120. The van der Waals surface area contributed by atoms with Crippen molar-refractivity contribution in [1.82, 2.24) is 0 Å². The lowest BCUT2D eigenvalue weighted by Crippen LogP contribution is -2.18. The van der Waals surface area contributed by atoms with E-state index >= 15 is 0 Å². The molecule has 0 unspecified atom stereocenters. The van der Waals surface area contributed by atoms with Crippen LogP contribution in [0, 0.1) is 0 Å². The van der Waals surface area contributed by atoms with Crippen molar-refractivity contribution in [3.05, 3.63) is 24.3 Å². The second-order valence-corrected chi connectivity index (χ2v) is 3.15. The number of aromatic hydroxyl groups is 1. The van der Waals surface area contributed by atoms with E-state index in [2.05, 4.69) is 5.32 Å². The number of hydrogen-bond acceptors (Lipinski definition) is 3. The van der Waals surface area contributed by atoms with Gasteiger partial charge in [-0.2, -0.15) is 0 Å². The molecule has 0 bridgehead atoms. The van der Waals surface area contributed by atoms with Gasteiger partial charge in [0.1, 0.15) is 12.4 Å².